The zero-order chi connectivity index (χ0) is 17.6. The molecule has 0 aliphatic carbocycles. The third kappa shape index (κ3) is 2.65. The summed E-state index contributed by atoms with van der Waals surface area (Å²) in [6.45, 7) is -0.261. The number of hydrogen-bond acceptors (Lipinski definition) is 5. The van der Waals surface area contributed by atoms with E-state index in [9.17, 15) is 18.0 Å². The summed E-state index contributed by atoms with van der Waals surface area (Å²) in [5, 5.41) is 5.66. The van der Waals surface area contributed by atoms with Crippen LogP contribution in [-0.2, 0) is 19.1 Å². The van der Waals surface area contributed by atoms with Crippen molar-refractivity contribution in [1.82, 2.24) is 9.90 Å². The van der Waals surface area contributed by atoms with Crippen molar-refractivity contribution in [3.63, 3.8) is 0 Å². The number of oxime groups is 1. The molecule has 0 amide bonds. The number of H-pyrrole nitrogens is 1. The quantitative estimate of drug-likeness (QED) is 0.784. The Balaban J connectivity index is 1.83. The van der Waals surface area contributed by atoms with Gasteiger partial charge in [-0.2, -0.15) is 13.2 Å². The van der Waals surface area contributed by atoms with Crippen molar-refractivity contribution in [3.05, 3.63) is 51.8 Å². The summed E-state index contributed by atoms with van der Waals surface area (Å²) in [5.41, 5.74) is 0.179. The van der Waals surface area contributed by atoms with Crippen molar-refractivity contribution in [2.45, 2.75) is 19.1 Å². The maximum absolute atomic E-state index is 13.4. The van der Waals surface area contributed by atoms with Crippen LogP contribution in [0.3, 0.4) is 0 Å². The molecule has 1 aliphatic rings. The number of aromatic nitrogens is 2. The molecule has 130 valence electrons. The first-order valence-corrected chi connectivity index (χ1v) is 7.19. The van der Waals surface area contributed by atoms with Gasteiger partial charge >= 0.3 is 11.9 Å². The first-order valence-electron chi connectivity index (χ1n) is 7.19. The topological polar surface area (TPSA) is 85.7 Å². The van der Waals surface area contributed by atoms with Crippen LogP contribution in [0.1, 0.15) is 17.1 Å². The van der Waals surface area contributed by atoms with E-state index in [4.69, 9.17) is 9.25 Å². The minimum Gasteiger partial charge on any atom is -0.454 e. The van der Waals surface area contributed by atoms with E-state index >= 15 is 0 Å². The average Bonchev–Trinajstić information content (AvgIpc) is 3.02. The summed E-state index contributed by atoms with van der Waals surface area (Å²) in [6.07, 6.45) is -2.74. The van der Waals surface area contributed by atoms with Crippen molar-refractivity contribution in [1.29, 1.82) is 0 Å². The minimum atomic E-state index is -4.72. The number of halogens is 3. The third-order valence-corrected chi connectivity index (χ3v) is 3.73. The van der Waals surface area contributed by atoms with Gasteiger partial charge in [-0.05, 0) is 6.07 Å². The number of hydrogen-bond donors (Lipinski definition) is 1. The number of nitrogens with zero attached hydrogens (tertiary/aromatic N) is 2. The van der Waals surface area contributed by atoms with Crippen LogP contribution in [0.5, 0.6) is 5.75 Å². The first kappa shape index (κ1) is 15.4. The molecule has 1 N–H and O–H groups in total. The van der Waals surface area contributed by atoms with E-state index in [2.05, 4.69) is 9.78 Å². The third-order valence-electron chi connectivity index (χ3n) is 3.73. The molecule has 2 aromatic heterocycles. The largest absolute Gasteiger partial charge is 0.454 e. The summed E-state index contributed by atoms with van der Waals surface area (Å²) in [7, 11) is 0. The molecule has 0 bridgehead atoms. The maximum atomic E-state index is 13.4. The Morgan fingerprint density at radius 1 is 1.28 bits per heavy atom. The van der Waals surface area contributed by atoms with Gasteiger partial charge in [-0.15, -0.1) is 9.90 Å². The molecule has 25 heavy (non-hydrogen) atoms. The highest BCUT2D eigenvalue weighted by Crippen LogP contribution is 2.44. The number of nitrogens with one attached hydrogen (secondary N) is 1. The van der Waals surface area contributed by atoms with E-state index in [-0.39, 0.29) is 29.2 Å². The lowest BCUT2D eigenvalue weighted by Gasteiger charge is -2.14. The van der Waals surface area contributed by atoms with Gasteiger partial charge in [-0.25, -0.2) is 4.79 Å². The van der Waals surface area contributed by atoms with Crippen LogP contribution >= 0.6 is 0 Å². The molecule has 0 unspecified atom stereocenters. The number of fused-ring (bicyclic) bond motifs is 1. The molecule has 1 aromatic carbocycles. The van der Waals surface area contributed by atoms with E-state index in [0.29, 0.717) is 12.0 Å². The monoisotopic (exact) mass is 353 g/mol. The normalized spacial score (nSPS) is 13.7. The molecule has 7 nitrogen and oxygen atoms in total. The molecule has 0 saturated heterocycles. The smallest absolute Gasteiger partial charge is 0.450 e. The van der Waals surface area contributed by atoms with E-state index in [1.807, 2.05) is 5.16 Å². The van der Waals surface area contributed by atoms with Crippen molar-refractivity contribution < 1.29 is 27.1 Å². The fraction of sp³-hybridized carbons (Fsp3) is 0.200. The predicted molar refractivity (Wildman–Crippen MR) is 78.4 cm³/mol. The van der Waals surface area contributed by atoms with Crippen LogP contribution in [0, 0.1) is 0 Å². The summed E-state index contributed by atoms with van der Waals surface area (Å²) in [4.78, 5) is 16.4. The zero-order valence-corrected chi connectivity index (χ0v) is 12.5. The van der Waals surface area contributed by atoms with Gasteiger partial charge in [-0.3, -0.25) is 4.63 Å². The van der Waals surface area contributed by atoms with Crippen molar-refractivity contribution in [2.75, 3.05) is 0 Å². The second-order valence-electron chi connectivity index (χ2n) is 5.37. The van der Waals surface area contributed by atoms with Gasteiger partial charge < -0.3 is 9.25 Å². The summed E-state index contributed by atoms with van der Waals surface area (Å²) in [5.74, 6) is -0.995. The molecule has 1 aliphatic heterocycles. The summed E-state index contributed by atoms with van der Waals surface area (Å²) < 4.78 is 50.6. The van der Waals surface area contributed by atoms with E-state index in [0.717, 1.165) is 4.74 Å². The molecular formula is C15H10F3N3O4. The van der Waals surface area contributed by atoms with E-state index in [1.54, 1.807) is 12.1 Å². The van der Waals surface area contributed by atoms with Gasteiger partial charge in [0, 0.05) is 29.3 Å². The second-order valence-corrected chi connectivity index (χ2v) is 5.37. The lowest BCUT2D eigenvalue weighted by molar-refractivity contribution is -0.153. The molecule has 10 heteroatoms. The molecule has 3 heterocycles. The fourth-order valence-corrected chi connectivity index (χ4v) is 2.61. The highest BCUT2D eigenvalue weighted by molar-refractivity contribution is 5.77. The van der Waals surface area contributed by atoms with Crippen LogP contribution in [0.15, 0.2) is 43.3 Å². The molecular weight excluding hydrogens is 343 g/mol. The number of aromatic amines is 1. The fourth-order valence-electron chi connectivity index (χ4n) is 2.61. The Hall–Kier alpha value is -3.17. The second kappa shape index (κ2) is 5.43. The lowest BCUT2D eigenvalue weighted by Crippen LogP contribution is -2.28. The SMILES string of the molecule is O=c1[nH]on1Cc1cc(-c2cccc3c2ON=CC3)c(C(F)(F)F)o1. The minimum absolute atomic E-state index is 0.0749. The van der Waals surface area contributed by atoms with E-state index < -0.39 is 17.6 Å². The highest BCUT2D eigenvalue weighted by Gasteiger charge is 2.40. The van der Waals surface area contributed by atoms with Crippen molar-refractivity contribution in [2.24, 2.45) is 5.16 Å². The summed E-state index contributed by atoms with van der Waals surface area (Å²) in [6, 6.07) is 6.09. The standard InChI is InChI=1S/C15H10F3N3O4/c16-15(17,18)13-11(6-9(23-13)7-21-14(22)20-25-21)10-3-1-2-8-4-5-19-24-12(8)10/h1-3,5-6H,4,7H2,(H,20,22). The van der Waals surface area contributed by atoms with Gasteiger partial charge in [0.1, 0.15) is 12.3 Å². The Morgan fingerprint density at radius 2 is 2.12 bits per heavy atom. The van der Waals surface area contributed by atoms with E-state index in [1.165, 1.54) is 18.3 Å². The zero-order valence-electron chi connectivity index (χ0n) is 12.5. The van der Waals surface area contributed by atoms with Crippen LogP contribution in [0.4, 0.5) is 13.2 Å². The maximum Gasteiger partial charge on any atom is 0.450 e. The van der Waals surface area contributed by atoms with Gasteiger partial charge in [0.05, 0.1) is 0 Å². The number of para-hydroxylation sites is 1. The van der Waals surface area contributed by atoms with Crippen molar-refractivity contribution >= 4 is 6.21 Å². The number of furan rings is 1. The molecule has 0 fully saturated rings. The predicted octanol–water partition coefficient (Wildman–Crippen LogP) is 3.02. The average molecular weight is 353 g/mol. The van der Waals surface area contributed by atoms with Gasteiger partial charge in [0.25, 0.3) is 0 Å². The molecule has 3 aromatic rings. The molecule has 0 atom stereocenters. The Labute approximate surface area is 137 Å². The Morgan fingerprint density at radius 3 is 2.80 bits per heavy atom. The van der Waals surface area contributed by atoms with Crippen LogP contribution < -0.4 is 10.5 Å². The van der Waals surface area contributed by atoms with Gasteiger partial charge in [-0.1, -0.05) is 23.4 Å². The molecule has 0 saturated carbocycles. The summed E-state index contributed by atoms with van der Waals surface area (Å²) >= 11 is 0. The number of alkyl halides is 3. The van der Waals surface area contributed by atoms with Crippen molar-refractivity contribution in [3.8, 4) is 16.9 Å². The van der Waals surface area contributed by atoms with Gasteiger partial charge in [0.2, 0.25) is 5.76 Å². The first-order chi connectivity index (χ1) is 11.9. The van der Waals surface area contributed by atoms with Crippen LogP contribution in [-0.4, -0.2) is 16.1 Å². The molecule has 0 spiro atoms. The highest BCUT2D eigenvalue weighted by atomic mass is 19.4. The van der Waals surface area contributed by atoms with Crippen LogP contribution in [0.2, 0.25) is 0 Å². The van der Waals surface area contributed by atoms with Crippen LogP contribution in [0.25, 0.3) is 11.1 Å². The Bertz CT molecular complexity index is 1010. The lowest BCUT2D eigenvalue weighted by atomic mass is 9.99. The number of benzene rings is 1. The van der Waals surface area contributed by atoms with Gasteiger partial charge in [0.15, 0.2) is 5.75 Å². The number of rotatable bonds is 3. The molecule has 0 radical (unpaired) electrons. The molecule has 4 rings (SSSR count). The Kier molecular flexibility index (Phi) is 3.34.